The molecule has 1 aromatic heterocycles. The Kier molecular flexibility index (Phi) is 4.59. The molecule has 3 heteroatoms. The highest BCUT2D eigenvalue weighted by Crippen LogP contribution is 2.22. The molecule has 19 heavy (non-hydrogen) atoms. The van der Waals surface area contributed by atoms with Crippen LogP contribution >= 0.6 is 0 Å². The molecule has 0 aliphatic heterocycles. The van der Waals surface area contributed by atoms with Crippen molar-refractivity contribution in [3.63, 3.8) is 0 Å². The molecule has 0 saturated heterocycles. The van der Waals surface area contributed by atoms with Gasteiger partial charge in [0.2, 0.25) is 0 Å². The summed E-state index contributed by atoms with van der Waals surface area (Å²) in [7, 11) is 0. The van der Waals surface area contributed by atoms with Gasteiger partial charge in [0.25, 0.3) is 0 Å². The van der Waals surface area contributed by atoms with Crippen molar-refractivity contribution >= 4 is 11.0 Å². The number of benzene rings is 1. The molecule has 0 fully saturated rings. The smallest absolute Gasteiger partial charge is 0.109 e. The molecule has 0 spiro atoms. The van der Waals surface area contributed by atoms with E-state index in [9.17, 15) is 0 Å². The van der Waals surface area contributed by atoms with Gasteiger partial charge >= 0.3 is 0 Å². The first kappa shape index (κ1) is 14.1. The summed E-state index contributed by atoms with van der Waals surface area (Å²) < 4.78 is 2.29. The first-order chi connectivity index (χ1) is 9.17. The summed E-state index contributed by atoms with van der Waals surface area (Å²) in [5.74, 6) is 1.16. The molecule has 0 amide bonds. The molecule has 0 saturated carbocycles. The fourth-order valence-corrected chi connectivity index (χ4v) is 2.43. The Morgan fingerprint density at radius 2 is 1.89 bits per heavy atom. The fourth-order valence-electron chi connectivity index (χ4n) is 2.43. The minimum atomic E-state index is 0.234. The van der Waals surface area contributed by atoms with Gasteiger partial charge in [-0.1, -0.05) is 13.3 Å². The predicted molar refractivity (Wildman–Crippen MR) is 79.5 cm³/mol. The third kappa shape index (κ3) is 2.98. The Morgan fingerprint density at radius 1 is 1.16 bits per heavy atom. The van der Waals surface area contributed by atoms with Crippen molar-refractivity contribution in [1.82, 2.24) is 9.55 Å². The van der Waals surface area contributed by atoms with Crippen molar-refractivity contribution in [3.8, 4) is 0 Å². The van der Waals surface area contributed by atoms with E-state index in [-0.39, 0.29) is 6.61 Å². The van der Waals surface area contributed by atoms with Crippen LogP contribution in [0.2, 0.25) is 0 Å². The molecule has 0 bridgehead atoms. The molecule has 0 aliphatic rings. The van der Waals surface area contributed by atoms with E-state index in [4.69, 9.17) is 10.1 Å². The first-order valence-electron chi connectivity index (χ1n) is 7.24. The van der Waals surface area contributed by atoms with Crippen molar-refractivity contribution < 1.29 is 5.11 Å². The number of nitrogens with zero attached hydrogens (tertiary/aromatic N) is 2. The number of rotatable bonds is 6. The SMILES string of the molecule is CCCCc1nc2cc(C)c(C)cc2n1CCCO. The van der Waals surface area contributed by atoms with E-state index in [1.165, 1.54) is 29.5 Å². The molecular weight excluding hydrogens is 236 g/mol. The van der Waals surface area contributed by atoms with Crippen molar-refractivity contribution in [3.05, 3.63) is 29.1 Å². The molecule has 1 aromatic carbocycles. The number of hydrogen-bond donors (Lipinski definition) is 1. The van der Waals surface area contributed by atoms with Crippen molar-refractivity contribution in [2.24, 2.45) is 0 Å². The molecule has 0 unspecified atom stereocenters. The van der Waals surface area contributed by atoms with Gasteiger partial charge < -0.3 is 9.67 Å². The number of aryl methyl sites for hydroxylation is 4. The summed E-state index contributed by atoms with van der Waals surface area (Å²) in [5.41, 5.74) is 4.90. The maximum Gasteiger partial charge on any atom is 0.109 e. The zero-order valence-electron chi connectivity index (χ0n) is 12.2. The van der Waals surface area contributed by atoms with Crippen LogP contribution in [0.3, 0.4) is 0 Å². The van der Waals surface area contributed by atoms with Gasteiger partial charge in [0.05, 0.1) is 11.0 Å². The van der Waals surface area contributed by atoms with E-state index < -0.39 is 0 Å². The molecular formula is C16H24N2O. The van der Waals surface area contributed by atoms with Crippen LogP contribution in [0.1, 0.15) is 43.1 Å². The van der Waals surface area contributed by atoms with E-state index in [1.54, 1.807) is 0 Å². The second-order valence-corrected chi connectivity index (χ2v) is 5.29. The lowest BCUT2D eigenvalue weighted by Crippen LogP contribution is -2.05. The Balaban J connectivity index is 2.46. The molecule has 0 aliphatic carbocycles. The van der Waals surface area contributed by atoms with E-state index >= 15 is 0 Å². The highest BCUT2D eigenvalue weighted by atomic mass is 16.3. The molecule has 1 N–H and O–H groups in total. The zero-order chi connectivity index (χ0) is 13.8. The number of aliphatic hydroxyl groups excluding tert-OH is 1. The molecule has 2 aromatic rings. The van der Waals surface area contributed by atoms with Gasteiger partial charge in [0, 0.05) is 19.6 Å². The average Bonchev–Trinajstić information content (AvgIpc) is 2.71. The highest BCUT2D eigenvalue weighted by Gasteiger charge is 2.11. The topological polar surface area (TPSA) is 38.0 Å². The number of aliphatic hydroxyl groups is 1. The molecule has 3 nitrogen and oxygen atoms in total. The summed E-state index contributed by atoms with van der Waals surface area (Å²) in [6.45, 7) is 7.57. The average molecular weight is 260 g/mol. The largest absolute Gasteiger partial charge is 0.396 e. The molecule has 1 heterocycles. The van der Waals surface area contributed by atoms with Crippen LogP contribution in [0.25, 0.3) is 11.0 Å². The quantitative estimate of drug-likeness (QED) is 0.864. The number of fused-ring (bicyclic) bond motifs is 1. The highest BCUT2D eigenvalue weighted by molar-refractivity contribution is 5.78. The van der Waals surface area contributed by atoms with E-state index in [0.29, 0.717) is 0 Å². The third-order valence-corrected chi connectivity index (χ3v) is 3.74. The van der Waals surface area contributed by atoms with Crippen LogP contribution in [0.5, 0.6) is 0 Å². The Labute approximate surface area is 115 Å². The van der Waals surface area contributed by atoms with Gasteiger partial charge in [0.1, 0.15) is 5.82 Å². The lowest BCUT2D eigenvalue weighted by molar-refractivity contribution is 0.279. The lowest BCUT2D eigenvalue weighted by Gasteiger charge is -2.08. The lowest BCUT2D eigenvalue weighted by atomic mass is 10.1. The molecule has 0 atom stereocenters. The second kappa shape index (κ2) is 6.20. The number of hydrogen-bond acceptors (Lipinski definition) is 2. The standard InChI is InChI=1S/C16H24N2O/c1-4-5-7-16-17-14-10-12(2)13(3)11-15(14)18(16)8-6-9-19/h10-11,19H,4-9H2,1-3H3. The molecule has 104 valence electrons. The second-order valence-electron chi connectivity index (χ2n) is 5.29. The van der Waals surface area contributed by atoms with E-state index in [0.717, 1.165) is 30.7 Å². The van der Waals surface area contributed by atoms with Gasteiger partial charge in [-0.2, -0.15) is 0 Å². The van der Waals surface area contributed by atoms with Crippen LogP contribution in [0.15, 0.2) is 12.1 Å². The maximum absolute atomic E-state index is 9.07. The Bertz CT molecular complexity index is 557. The predicted octanol–water partition coefficient (Wildman–Crippen LogP) is 3.38. The number of imidazole rings is 1. The fraction of sp³-hybridized carbons (Fsp3) is 0.562. The van der Waals surface area contributed by atoms with Gasteiger partial charge in [-0.3, -0.25) is 0 Å². The van der Waals surface area contributed by atoms with Crippen LogP contribution in [-0.2, 0) is 13.0 Å². The zero-order valence-corrected chi connectivity index (χ0v) is 12.2. The van der Waals surface area contributed by atoms with E-state index in [2.05, 4.69) is 37.5 Å². The van der Waals surface area contributed by atoms with Crippen LogP contribution in [0, 0.1) is 13.8 Å². The molecule has 2 rings (SSSR count). The minimum Gasteiger partial charge on any atom is -0.396 e. The van der Waals surface area contributed by atoms with Crippen molar-refractivity contribution in [2.45, 2.75) is 53.0 Å². The molecule has 0 radical (unpaired) electrons. The van der Waals surface area contributed by atoms with Crippen LogP contribution < -0.4 is 0 Å². The summed E-state index contributed by atoms with van der Waals surface area (Å²) in [5, 5.41) is 9.07. The normalized spacial score (nSPS) is 11.4. The van der Waals surface area contributed by atoms with Crippen LogP contribution in [-0.4, -0.2) is 21.3 Å². The summed E-state index contributed by atoms with van der Waals surface area (Å²) in [4.78, 5) is 4.79. The van der Waals surface area contributed by atoms with Gasteiger partial charge in [-0.25, -0.2) is 4.98 Å². The number of unbranched alkanes of at least 4 members (excludes halogenated alkanes) is 1. The monoisotopic (exact) mass is 260 g/mol. The van der Waals surface area contributed by atoms with Crippen molar-refractivity contribution in [2.75, 3.05) is 6.61 Å². The maximum atomic E-state index is 9.07. The van der Waals surface area contributed by atoms with Gasteiger partial charge in [-0.15, -0.1) is 0 Å². The Morgan fingerprint density at radius 3 is 2.58 bits per heavy atom. The summed E-state index contributed by atoms with van der Waals surface area (Å²) in [6.07, 6.45) is 4.16. The third-order valence-electron chi connectivity index (χ3n) is 3.74. The van der Waals surface area contributed by atoms with Crippen molar-refractivity contribution in [1.29, 1.82) is 0 Å². The van der Waals surface area contributed by atoms with Crippen LogP contribution in [0.4, 0.5) is 0 Å². The summed E-state index contributed by atoms with van der Waals surface area (Å²) >= 11 is 0. The minimum absolute atomic E-state index is 0.234. The van der Waals surface area contributed by atoms with Gasteiger partial charge in [-0.05, 0) is 49.9 Å². The van der Waals surface area contributed by atoms with E-state index in [1.807, 2.05) is 0 Å². The van der Waals surface area contributed by atoms with Gasteiger partial charge in [0.15, 0.2) is 0 Å². The first-order valence-corrected chi connectivity index (χ1v) is 7.24. The summed E-state index contributed by atoms with van der Waals surface area (Å²) in [6, 6.07) is 4.40. The Hall–Kier alpha value is -1.35. The number of aromatic nitrogens is 2.